The number of anilines is 1. The molecule has 36 heavy (non-hydrogen) atoms. The van der Waals surface area contributed by atoms with E-state index in [2.05, 4.69) is 35.2 Å². The Labute approximate surface area is 210 Å². The number of nitrogens with zero attached hydrogens (tertiary/aromatic N) is 6. The van der Waals surface area contributed by atoms with E-state index in [1.54, 1.807) is 25.4 Å². The van der Waals surface area contributed by atoms with Crippen molar-refractivity contribution in [2.45, 2.75) is 25.4 Å². The number of Topliss-reactive ketones (excluding diaryl/α,β-unsaturated/α-hetero) is 1. The number of pyridine rings is 1. The molecule has 0 radical (unpaired) electrons. The molecule has 1 N–H and O–H groups in total. The van der Waals surface area contributed by atoms with Gasteiger partial charge in [-0.1, -0.05) is 18.5 Å². The van der Waals surface area contributed by atoms with Crippen molar-refractivity contribution in [2.75, 3.05) is 5.32 Å². The van der Waals surface area contributed by atoms with Gasteiger partial charge in [0.15, 0.2) is 5.78 Å². The van der Waals surface area contributed by atoms with E-state index in [1.807, 2.05) is 0 Å². The first-order valence-corrected chi connectivity index (χ1v) is 11.4. The van der Waals surface area contributed by atoms with Gasteiger partial charge in [-0.3, -0.25) is 9.59 Å². The molecule has 1 amide bonds. The molecule has 4 aromatic heterocycles. The van der Waals surface area contributed by atoms with Crippen molar-refractivity contribution in [3.63, 3.8) is 0 Å². The van der Waals surface area contributed by atoms with Crippen molar-refractivity contribution in [2.24, 2.45) is 0 Å². The maximum Gasteiger partial charge on any atom is 0.418 e. The van der Waals surface area contributed by atoms with E-state index in [1.165, 1.54) is 18.9 Å². The highest BCUT2D eigenvalue weighted by Gasteiger charge is 2.34. The first kappa shape index (κ1) is 25.3. The molecule has 4 heterocycles. The molecule has 0 aliphatic carbocycles. The van der Waals surface area contributed by atoms with E-state index in [0.29, 0.717) is 22.3 Å². The van der Waals surface area contributed by atoms with Crippen LogP contribution in [-0.4, -0.2) is 41.6 Å². The maximum absolute atomic E-state index is 13.0. The number of nitrogens with one attached hydrogen (secondary N) is 1. The number of amides is 1. The lowest BCUT2D eigenvalue weighted by molar-refractivity contribution is -0.137. The second kappa shape index (κ2) is 10.4. The van der Waals surface area contributed by atoms with Crippen LogP contribution >= 0.6 is 22.9 Å². The number of hydrogen-bond donors (Lipinski definition) is 1. The molecule has 1 atom stereocenters. The average molecular weight is 534 g/mol. The minimum atomic E-state index is -4.70. The summed E-state index contributed by atoms with van der Waals surface area (Å²) >= 11 is 6.57. The molecule has 0 aromatic carbocycles. The summed E-state index contributed by atoms with van der Waals surface area (Å²) in [4.78, 5) is 49.4. The Morgan fingerprint density at radius 2 is 1.78 bits per heavy atom. The van der Waals surface area contributed by atoms with Crippen molar-refractivity contribution < 1.29 is 22.8 Å². The standard InChI is InChI=1S/C22H15ClF3N7O2S/c1-11(2-17(34)16-4-15(31-10-32-16)12-5-27-9-28-6-12)21-30-8-18(36-21)20(35)33-19-3-13(22(24,25)26)14(23)7-29-19/h3-11H,2H2,1H3,(H,29,33,35). The predicted octanol–water partition coefficient (Wildman–Crippen LogP) is 5.09. The van der Waals surface area contributed by atoms with Crippen molar-refractivity contribution in [1.82, 2.24) is 29.9 Å². The molecule has 0 saturated carbocycles. The van der Waals surface area contributed by atoms with Crippen LogP contribution in [-0.2, 0) is 6.18 Å². The summed E-state index contributed by atoms with van der Waals surface area (Å²) in [5.41, 5.74) is 0.230. The van der Waals surface area contributed by atoms with E-state index in [4.69, 9.17) is 11.6 Å². The number of ketones is 1. The van der Waals surface area contributed by atoms with Gasteiger partial charge in [-0.2, -0.15) is 13.2 Å². The summed E-state index contributed by atoms with van der Waals surface area (Å²) in [6.07, 6.45) is 3.26. The fraction of sp³-hybridized carbons (Fsp3) is 0.182. The molecule has 9 nitrogen and oxygen atoms in total. The summed E-state index contributed by atoms with van der Waals surface area (Å²) < 4.78 is 39.1. The van der Waals surface area contributed by atoms with Crippen LogP contribution in [0.4, 0.5) is 19.0 Å². The van der Waals surface area contributed by atoms with Gasteiger partial charge in [0, 0.05) is 36.5 Å². The highest BCUT2D eigenvalue weighted by Crippen LogP contribution is 2.35. The van der Waals surface area contributed by atoms with Gasteiger partial charge in [-0.15, -0.1) is 11.3 Å². The summed E-state index contributed by atoms with van der Waals surface area (Å²) in [7, 11) is 0. The Bertz CT molecular complexity index is 1420. The van der Waals surface area contributed by atoms with Crippen LogP contribution in [0.3, 0.4) is 0 Å². The lowest BCUT2D eigenvalue weighted by Crippen LogP contribution is -2.13. The third-order valence-electron chi connectivity index (χ3n) is 4.87. The van der Waals surface area contributed by atoms with Crippen molar-refractivity contribution in [3.05, 3.63) is 75.7 Å². The largest absolute Gasteiger partial charge is 0.418 e. The second-order valence-corrected chi connectivity index (χ2v) is 8.98. The Hall–Kier alpha value is -3.84. The van der Waals surface area contributed by atoms with Crippen LogP contribution in [0.5, 0.6) is 0 Å². The zero-order valence-corrected chi connectivity index (χ0v) is 19.9. The van der Waals surface area contributed by atoms with E-state index in [0.717, 1.165) is 17.5 Å². The molecule has 184 valence electrons. The van der Waals surface area contributed by atoms with Crippen LogP contribution in [0.1, 0.15) is 50.0 Å². The number of carbonyl (C=O) groups excluding carboxylic acids is 2. The minimum absolute atomic E-state index is 0.0595. The molecular formula is C22H15ClF3N7O2S. The van der Waals surface area contributed by atoms with Gasteiger partial charge in [-0.05, 0) is 12.1 Å². The summed E-state index contributed by atoms with van der Waals surface area (Å²) in [5.74, 6) is -1.61. The molecule has 0 saturated heterocycles. The van der Waals surface area contributed by atoms with Crippen molar-refractivity contribution in [3.8, 4) is 11.3 Å². The van der Waals surface area contributed by atoms with Gasteiger partial charge in [-0.25, -0.2) is 29.9 Å². The molecule has 0 spiro atoms. The average Bonchev–Trinajstić information content (AvgIpc) is 3.36. The van der Waals surface area contributed by atoms with Crippen LogP contribution in [0, 0.1) is 0 Å². The Kier molecular flexibility index (Phi) is 7.31. The lowest BCUT2D eigenvalue weighted by atomic mass is 10.0. The minimum Gasteiger partial charge on any atom is -0.306 e. The first-order chi connectivity index (χ1) is 17.1. The molecular weight excluding hydrogens is 519 g/mol. The van der Waals surface area contributed by atoms with E-state index < -0.39 is 22.7 Å². The third kappa shape index (κ3) is 5.86. The summed E-state index contributed by atoms with van der Waals surface area (Å²) in [6, 6.07) is 2.20. The number of hydrogen-bond acceptors (Lipinski definition) is 9. The second-order valence-electron chi connectivity index (χ2n) is 7.51. The smallest absolute Gasteiger partial charge is 0.306 e. The summed E-state index contributed by atoms with van der Waals surface area (Å²) in [5, 5.41) is 2.23. The number of aromatic nitrogens is 6. The maximum atomic E-state index is 13.0. The quantitative estimate of drug-likeness (QED) is 0.326. The molecule has 4 rings (SSSR count). The topological polar surface area (TPSA) is 124 Å². The molecule has 0 bridgehead atoms. The van der Waals surface area contributed by atoms with E-state index in [9.17, 15) is 22.8 Å². The third-order valence-corrected chi connectivity index (χ3v) is 6.40. The SMILES string of the molecule is CC(CC(=O)c1cc(-c2cncnc2)ncn1)c1ncc(C(=O)Nc2cc(C(F)(F)F)c(Cl)cn2)s1. The Morgan fingerprint density at radius 1 is 1.03 bits per heavy atom. The van der Waals surface area contributed by atoms with E-state index in [-0.39, 0.29) is 34.5 Å². The first-order valence-electron chi connectivity index (χ1n) is 10.2. The van der Waals surface area contributed by atoms with Gasteiger partial charge in [0.05, 0.1) is 27.5 Å². The van der Waals surface area contributed by atoms with Crippen LogP contribution in [0.2, 0.25) is 5.02 Å². The number of alkyl halides is 3. The Morgan fingerprint density at radius 3 is 2.50 bits per heavy atom. The van der Waals surface area contributed by atoms with Gasteiger partial charge in [0.1, 0.15) is 29.0 Å². The predicted molar refractivity (Wildman–Crippen MR) is 125 cm³/mol. The van der Waals surface area contributed by atoms with Gasteiger partial charge in [0.2, 0.25) is 0 Å². The fourth-order valence-electron chi connectivity index (χ4n) is 3.09. The monoisotopic (exact) mass is 533 g/mol. The molecule has 14 heteroatoms. The fourth-order valence-corrected chi connectivity index (χ4v) is 4.17. The number of halogens is 4. The van der Waals surface area contributed by atoms with Crippen molar-refractivity contribution in [1.29, 1.82) is 0 Å². The highest BCUT2D eigenvalue weighted by molar-refractivity contribution is 7.13. The highest BCUT2D eigenvalue weighted by atomic mass is 35.5. The zero-order valence-electron chi connectivity index (χ0n) is 18.3. The normalized spacial score (nSPS) is 12.2. The van der Waals surface area contributed by atoms with Gasteiger partial charge >= 0.3 is 6.18 Å². The number of carbonyl (C=O) groups is 2. The molecule has 1 unspecified atom stereocenters. The van der Waals surface area contributed by atoms with Crippen LogP contribution < -0.4 is 5.32 Å². The molecule has 0 aliphatic rings. The molecule has 4 aromatic rings. The van der Waals surface area contributed by atoms with Gasteiger partial charge < -0.3 is 5.32 Å². The number of rotatable bonds is 7. The zero-order chi connectivity index (χ0) is 25.9. The van der Waals surface area contributed by atoms with Crippen molar-refractivity contribution >= 4 is 40.4 Å². The lowest BCUT2D eigenvalue weighted by Gasteiger charge is -2.10. The molecule has 0 aliphatic heterocycles. The number of thiazole rings is 1. The Balaban J connectivity index is 1.43. The van der Waals surface area contributed by atoms with Crippen LogP contribution in [0.15, 0.2) is 49.6 Å². The van der Waals surface area contributed by atoms with E-state index >= 15 is 0 Å². The van der Waals surface area contributed by atoms with Gasteiger partial charge in [0.25, 0.3) is 5.91 Å². The molecule has 0 fully saturated rings. The summed E-state index contributed by atoms with van der Waals surface area (Å²) in [6.45, 7) is 1.77. The van der Waals surface area contributed by atoms with Crippen LogP contribution in [0.25, 0.3) is 11.3 Å².